The predicted octanol–water partition coefficient (Wildman–Crippen LogP) is 3.64. The number of ether oxygens (including phenoxy) is 2. The number of hydrogen-bond donors (Lipinski definition) is 0. The Labute approximate surface area is 98.7 Å². The zero-order valence-electron chi connectivity index (χ0n) is 8.71. The van der Waals surface area contributed by atoms with Gasteiger partial charge in [-0.3, -0.25) is 0 Å². The summed E-state index contributed by atoms with van der Waals surface area (Å²) in [5.74, 6) is 1.70. The number of alkyl halides is 1. The molecule has 0 aromatic heterocycles. The van der Waals surface area contributed by atoms with E-state index in [1.165, 1.54) is 0 Å². The molecule has 0 saturated heterocycles. The van der Waals surface area contributed by atoms with Crippen LogP contribution in [0.3, 0.4) is 0 Å². The molecule has 14 heavy (non-hydrogen) atoms. The van der Waals surface area contributed by atoms with Crippen molar-refractivity contribution in [2.75, 3.05) is 6.61 Å². The lowest BCUT2D eigenvalue weighted by molar-refractivity contribution is 0.223. The fourth-order valence-electron chi connectivity index (χ4n) is 1.07. The van der Waals surface area contributed by atoms with Gasteiger partial charge < -0.3 is 9.47 Å². The summed E-state index contributed by atoms with van der Waals surface area (Å²) < 4.78 is 10.9. The van der Waals surface area contributed by atoms with Crippen LogP contribution in [0, 0.1) is 0 Å². The Kier molecular flexibility index (Phi) is 4.04. The van der Waals surface area contributed by atoms with Gasteiger partial charge in [0.2, 0.25) is 0 Å². The van der Waals surface area contributed by atoms with Crippen molar-refractivity contribution in [2.24, 2.45) is 0 Å². The van der Waals surface area contributed by atoms with Crippen LogP contribution in [0.4, 0.5) is 0 Å². The molecule has 0 atom stereocenters. The van der Waals surface area contributed by atoms with E-state index in [1.807, 2.05) is 45.0 Å². The summed E-state index contributed by atoms with van der Waals surface area (Å²) in [5.41, 5.74) is 0. The summed E-state index contributed by atoms with van der Waals surface area (Å²) >= 11 is 2.25. The van der Waals surface area contributed by atoms with Crippen molar-refractivity contribution < 1.29 is 9.47 Å². The van der Waals surface area contributed by atoms with Gasteiger partial charge in [0, 0.05) is 6.07 Å². The molecule has 0 unspecified atom stereocenters. The number of halogens is 1. The molecule has 0 N–H and O–H groups in total. The van der Waals surface area contributed by atoms with Crippen LogP contribution in [0.2, 0.25) is 0 Å². The summed E-state index contributed by atoms with van der Waals surface area (Å²) in [7, 11) is 0. The molecule has 0 amide bonds. The van der Waals surface area contributed by atoms with Crippen LogP contribution in [0.25, 0.3) is 0 Å². The van der Waals surface area contributed by atoms with Crippen molar-refractivity contribution in [3.63, 3.8) is 0 Å². The maximum Gasteiger partial charge on any atom is 0.153 e. The number of benzene rings is 1. The van der Waals surface area contributed by atoms with Crippen LogP contribution in [-0.4, -0.2) is 10.2 Å². The summed E-state index contributed by atoms with van der Waals surface area (Å²) in [6.07, 6.45) is 0. The predicted molar refractivity (Wildman–Crippen MR) is 66.3 cm³/mol. The Morgan fingerprint density at radius 2 is 1.93 bits per heavy atom. The second kappa shape index (κ2) is 4.87. The first-order valence-electron chi connectivity index (χ1n) is 4.62. The standard InChI is InChI=1S/C11H15IO2/c1-4-13-9-6-5-7-10(8-9)14-11(2,3)12/h5-8H,4H2,1-3H3. The fourth-order valence-corrected chi connectivity index (χ4v) is 1.33. The van der Waals surface area contributed by atoms with E-state index in [0.717, 1.165) is 11.5 Å². The third-order valence-corrected chi connectivity index (χ3v) is 1.70. The van der Waals surface area contributed by atoms with E-state index in [0.29, 0.717) is 6.61 Å². The van der Waals surface area contributed by atoms with Crippen molar-refractivity contribution in [1.29, 1.82) is 0 Å². The zero-order valence-corrected chi connectivity index (χ0v) is 10.9. The van der Waals surface area contributed by atoms with Crippen LogP contribution in [-0.2, 0) is 0 Å². The first-order chi connectivity index (χ1) is 6.51. The molecule has 1 rings (SSSR count). The van der Waals surface area contributed by atoms with E-state index < -0.39 is 0 Å². The minimum Gasteiger partial charge on any atom is -0.494 e. The lowest BCUT2D eigenvalue weighted by Crippen LogP contribution is -2.18. The molecule has 0 aliphatic rings. The highest BCUT2D eigenvalue weighted by Crippen LogP contribution is 2.26. The van der Waals surface area contributed by atoms with Gasteiger partial charge in [0.15, 0.2) is 3.61 Å². The summed E-state index contributed by atoms with van der Waals surface area (Å²) in [4.78, 5) is 0. The Morgan fingerprint density at radius 1 is 1.29 bits per heavy atom. The monoisotopic (exact) mass is 306 g/mol. The van der Waals surface area contributed by atoms with Gasteiger partial charge in [0.1, 0.15) is 11.5 Å². The maximum absolute atomic E-state index is 5.70. The molecular weight excluding hydrogens is 291 g/mol. The van der Waals surface area contributed by atoms with Gasteiger partial charge in [-0.1, -0.05) is 6.07 Å². The van der Waals surface area contributed by atoms with Crippen LogP contribution < -0.4 is 9.47 Å². The molecule has 0 bridgehead atoms. The highest BCUT2D eigenvalue weighted by molar-refractivity contribution is 14.1. The highest BCUT2D eigenvalue weighted by atomic mass is 127. The largest absolute Gasteiger partial charge is 0.494 e. The zero-order chi connectivity index (χ0) is 10.6. The lowest BCUT2D eigenvalue weighted by atomic mass is 10.3. The van der Waals surface area contributed by atoms with Gasteiger partial charge >= 0.3 is 0 Å². The van der Waals surface area contributed by atoms with Crippen molar-refractivity contribution in [3.8, 4) is 11.5 Å². The smallest absolute Gasteiger partial charge is 0.153 e. The van der Waals surface area contributed by atoms with Crippen LogP contribution in [0.15, 0.2) is 24.3 Å². The molecule has 0 radical (unpaired) electrons. The second-order valence-corrected chi connectivity index (χ2v) is 5.97. The van der Waals surface area contributed by atoms with E-state index in [-0.39, 0.29) is 3.61 Å². The molecule has 0 fully saturated rings. The molecule has 3 heteroatoms. The topological polar surface area (TPSA) is 18.5 Å². The third kappa shape index (κ3) is 4.17. The van der Waals surface area contributed by atoms with Crippen molar-refractivity contribution in [3.05, 3.63) is 24.3 Å². The van der Waals surface area contributed by atoms with Gasteiger partial charge in [-0.2, -0.15) is 0 Å². The van der Waals surface area contributed by atoms with E-state index in [2.05, 4.69) is 22.6 Å². The van der Waals surface area contributed by atoms with E-state index >= 15 is 0 Å². The van der Waals surface area contributed by atoms with E-state index in [1.54, 1.807) is 0 Å². The molecule has 0 saturated carbocycles. The van der Waals surface area contributed by atoms with E-state index in [4.69, 9.17) is 9.47 Å². The minimum atomic E-state index is -0.192. The lowest BCUT2D eigenvalue weighted by Gasteiger charge is -2.19. The molecule has 1 aromatic rings. The van der Waals surface area contributed by atoms with Crippen molar-refractivity contribution >= 4 is 22.6 Å². The van der Waals surface area contributed by atoms with Crippen molar-refractivity contribution in [2.45, 2.75) is 24.4 Å². The van der Waals surface area contributed by atoms with Crippen LogP contribution in [0.5, 0.6) is 11.5 Å². The molecule has 1 aromatic carbocycles. The second-order valence-electron chi connectivity index (χ2n) is 3.37. The van der Waals surface area contributed by atoms with Gasteiger partial charge in [-0.05, 0) is 55.5 Å². The van der Waals surface area contributed by atoms with Gasteiger partial charge in [-0.15, -0.1) is 0 Å². The molecule has 78 valence electrons. The highest BCUT2D eigenvalue weighted by Gasteiger charge is 2.13. The Morgan fingerprint density at radius 3 is 2.50 bits per heavy atom. The summed E-state index contributed by atoms with van der Waals surface area (Å²) in [6, 6.07) is 7.70. The van der Waals surface area contributed by atoms with Crippen LogP contribution in [0.1, 0.15) is 20.8 Å². The van der Waals surface area contributed by atoms with Gasteiger partial charge in [0.05, 0.1) is 6.61 Å². The fraction of sp³-hybridized carbons (Fsp3) is 0.455. The molecule has 0 aliphatic carbocycles. The number of hydrogen-bond acceptors (Lipinski definition) is 2. The minimum absolute atomic E-state index is 0.192. The quantitative estimate of drug-likeness (QED) is 0.624. The third-order valence-electron chi connectivity index (χ3n) is 1.48. The Balaban J connectivity index is 2.73. The van der Waals surface area contributed by atoms with Crippen LogP contribution >= 0.6 is 22.6 Å². The average molecular weight is 306 g/mol. The normalized spacial score (nSPS) is 11.1. The Hall–Kier alpha value is -0.450. The molecule has 0 spiro atoms. The van der Waals surface area contributed by atoms with Gasteiger partial charge in [-0.25, -0.2) is 0 Å². The summed E-state index contributed by atoms with van der Waals surface area (Å²) in [5, 5.41) is 0. The van der Waals surface area contributed by atoms with Gasteiger partial charge in [0.25, 0.3) is 0 Å². The van der Waals surface area contributed by atoms with Crippen molar-refractivity contribution in [1.82, 2.24) is 0 Å². The summed E-state index contributed by atoms with van der Waals surface area (Å²) in [6.45, 7) is 6.68. The average Bonchev–Trinajstić information content (AvgIpc) is 2.02. The number of rotatable bonds is 4. The van der Waals surface area contributed by atoms with E-state index in [9.17, 15) is 0 Å². The first kappa shape index (κ1) is 11.6. The first-order valence-corrected chi connectivity index (χ1v) is 5.70. The molecular formula is C11H15IO2. The Bertz CT molecular complexity index is 292. The molecule has 2 nitrogen and oxygen atoms in total. The SMILES string of the molecule is CCOc1cccc(OC(C)(C)I)c1. The maximum atomic E-state index is 5.70. The molecule has 0 heterocycles. The molecule has 0 aliphatic heterocycles.